The van der Waals surface area contributed by atoms with E-state index in [9.17, 15) is 22.8 Å². The summed E-state index contributed by atoms with van der Waals surface area (Å²) in [5, 5.41) is 17.0. The maximum absolute atomic E-state index is 14.7. The smallest absolute Gasteiger partial charge is 0.297 e. The Hall–Kier alpha value is -6.31. The van der Waals surface area contributed by atoms with Crippen molar-refractivity contribution < 1.29 is 18.0 Å². The number of nitrogens with one attached hydrogen (secondary N) is 2. The Bertz CT molecular complexity index is 2560. The van der Waals surface area contributed by atoms with E-state index in [4.69, 9.17) is 5.14 Å². The van der Waals surface area contributed by atoms with Crippen molar-refractivity contribution in [3.05, 3.63) is 112 Å². The summed E-state index contributed by atoms with van der Waals surface area (Å²) >= 11 is 0. The van der Waals surface area contributed by atoms with Gasteiger partial charge in [0.05, 0.1) is 40.1 Å². The molecule has 2 aromatic carbocycles. The molecule has 0 spiro atoms. The number of amides is 2. The SMILES string of the molecule is C[C@H](NC(=O)c1c(NS(N)(=O)=O)nn2cccnc12)c1c2c3c(ccc(C#Cc4cnn(C)c4)c3c(=O)n1-c1ccccc1)N(C)C2=O. The minimum Gasteiger partial charge on any atom is -0.344 e. The van der Waals surface area contributed by atoms with Gasteiger partial charge in [-0.2, -0.15) is 13.5 Å². The fraction of sp³-hybridized carbons (Fsp3) is 0.125. The highest BCUT2D eigenvalue weighted by Gasteiger charge is 2.37. The number of aryl methyl sites for hydroxylation is 1. The van der Waals surface area contributed by atoms with Crippen LogP contribution in [0.1, 0.15) is 50.5 Å². The molecule has 6 aromatic rings. The molecule has 7 rings (SSSR count). The van der Waals surface area contributed by atoms with Crippen LogP contribution in [0.2, 0.25) is 0 Å². The van der Waals surface area contributed by atoms with Gasteiger partial charge in [0.15, 0.2) is 11.5 Å². The lowest BCUT2D eigenvalue weighted by Crippen LogP contribution is -2.35. The molecule has 4 N–H and O–H groups in total. The van der Waals surface area contributed by atoms with Gasteiger partial charge in [0, 0.05) is 49.3 Å². The number of nitrogens with zero attached hydrogens (tertiary/aromatic N) is 7. The van der Waals surface area contributed by atoms with E-state index < -0.39 is 27.7 Å². The molecule has 240 valence electrons. The molecule has 0 fully saturated rings. The summed E-state index contributed by atoms with van der Waals surface area (Å²) in [7, 11) is -0.939. The summed E-state index contributed by atoms with van der Waals surface area (Å²) < 4.78 is 30.2. The van der Waals surface area contributed by atoms with Crippen LogP contribution < -0.4 is 25.6 Å². The first kappa shape index (κ1) is 30.3. The highest BCUT2D eigenvalue weighted by molar-refractivity contribution is 7.90. The molecule has 0 unspecified atom stereocenters. The van der Waals surface area contributed by atoms with E-state index in [2.05, 4.69) is 37.1 Å². The van der Waals surface area contributed by atoms with E-state index in [1.165, 1.54) is 26.4 Å². The molecule has 1 aliphatic rings. The van der Waals surface area contributed by atoms with Gasteiger partial charge < -0.3 is 10.2 Å². The lowest BCUT2D eigenvalue weighted by atomic mass is 9.97. The molecule has 4 aromatic heterocycles. The third-order valence-electron chi connectivity index (χ3n) is 7.91. The fourth-order valence-electron chi connectivity index (χ4n) is 5.91. The van der Waals surface area contributed by atoms with Crippen LogP contribution in [0.15, 0.2) is 78.1 Å². The second kappa shape index (κ2) is 11.2. The molecule has 0 saturated carbocycles. The van der Waals surface area contributed by atoms with Crippen molar-refractivity contribution in [1.29, 1.82) is 0 Å². The summed E-state index contributed by atoms with van der Waals surface area (Å²) in [6.07, 6.45) is 6.26. The molecule has 0 aliphatic carbocycles. The number of benzene rings is 2. The van der Waals surface area contributed by atoms with Crippen LogP contribution in [0.5, 0.6) is 0 Å². The monoisotopic (exact) mass is 662 g/mol. The Balaban J connectivity index is 1.45. The quantitative estimate of drug-likeness (QED) is 0.225. The first-order valence-electron chi connectivity index (χ1n) is 14.5. The third-order valence-corrected chi connectivity index (χ3v) is 8.38. The molecule has 16 heteroatoms. The molecule has 15 nitrogen and oxygen atoms in total. The maximum atomic E-state index is 14.7. The molecule has 48 heavy (non-hydrogen) atoms. The van der Waals surface area contributed by atoms with Gasteiger partial charge in [-0.05, 0) is 37.3 Å². The molecule has 2 amide bonds. The van der Waals surface area contributed by atoms with Gasteiger partial charge in [-0.3, -0.25) is 28.4 Å². The lowest BCUT2D eigenvalue weighted by Gasteiger charge is -2.23. The van der Waals surface area contributed by atoms with Gasteiger partial charge in [0.2, 0.25) is 0 Å². The van der Waals surface area contributed by atoms with Crippen LogP contribution in [0.4, 0.5) is 11.5 Å². The van der Waals surface area contributed by atoms with Crippen molar-refractivity contribution in [1.82, 2.24) is 34.3 Å². The highest BCUT2D eigenvalue weighted by Crippen LogP contribution is 2.40. The number of rotatable bonds is 6. The predicted molar refractivity (Wildman–Crippen MR) is 177 cm³/mol. The van der Waals surface area contributed by atoms with Gasteiger partial charge in [-0.1, -0.05) is 30.0 Å². The largest absolute Gasteiger partial charge is 0.344 e. The Morgan fingerprint density at radius 3 is 2.50 bits per heavy atom. The predicted octanol–water partition coefficient (Wildman–Crippen LogP) is 1.86. The molecule has 1 atom stereocenters. The zero-order chi connectivity index (χ0) is 33.9. The number of carbonyl (C=O) groups excluding carboxylic acids is 2. The van der Waals surface area contributed by atoms with Gasteiger partial charge in [0.1, 0.15) is 5.56 Å². The number of fused-ring (bicyclic) bond motifs is 1. The summed E-state index contributed by atoms with van der Waals surface area (Å²) in [6, 6.07) is 12.7. The number of aromatic nitrogens is 6. The number of hydrogen-bond acceptors (Lipinski definition) is 8. The molecule has 0 bridgehead atoms. The van der Waals surface area contributed by atoms with Crippen molar-refractivity contribution in [3.8, 4) is 17.5 Å². The molecular formula is C32H26N10O5S. The van der Waals surface area contributed by atoms with Crippen molar-refractivity contribution in [2.45, 2.75) is 13.0 Å². The molecule has 0 saturated heterocycles. The second-order valence-electron chi connectivity index (χ2n) is 11.1. The number of pyridine rings is 1. The number of anilines is 2. The average Bonchev–Trinajstić information content (AvgIpc) is 3.70. The Kier molecular flexibility index (Phi) is 7.07. The summed E-state index contributed by atoms with van der Waals surface area (Å²) in [4.78, 5) is 48.3. The van der Waals surface area contributed by atoms with E-state index in [0.29, 0.717) is 27.9 Å². The van der Waals surface area contributed by atoms with E-state index in [1.54, 1.807) is 86.6 Å². The second-order valence-corrected chi connectivity index (χ2v) is 12.4. The average molecular weight is 663 g/mol. The van der Waals surface area contributed by atoms with E-state index in [-0.39, 0.29) is 39.6 Å². The zero-order valence-corrected chi connectivity index (χ0v) is 26.5. The van der Waals surface area contributed by atoms with E-state index in [0.717, 1.165) is 0 Å². The summed E-state index contributed by atoms with van der Waals surface area (Å²) in [5.74, 6) is 4.62. The highest BCUT2D eigenvalue weighted by atomic mass is 32.2. The van der Waals surface area contributed by atoms with Crippen LogP contribution in [-0.4, -0.2) is 56.2 Å². The number of carbonyl (C=O) groups is 2. The van der Waals surface area contributed by atoms with Crippen LogP contribution in [0.25, 0.3) is 22.1 Å². The van der Waals surface area contributed by atoms with E-state index in [1.807, 2.05) is 0 Å². The zero-order valence-electron chi connectivity index (χ0n) is 25.7. The summed E-state index contributed by atoms with van der Waals surface area (Å²) in [5.41, 5.74) is 1.83. The first-order chi connectivity index (χ1) is 22.9. The fourth-order valence-corrected chi connectivity index (χ4v) is 6.33. The van der Waals surface area contributed by atoms with Gasteiger partial charge in [-0.25, -0.2) is 14.6 Å². The maximum Gasteiger partial charge on any atom is 0.297 e. The van der Waals surface area contributed by atoms with Crippen LogP contribution in [-0.2, 0) is 17.3 Å². The normalized spacial score (nSPS) is 13.1. The third kappa shape index (κ3) is 5.03. The number of hydrogen-bond donors (Lipinski definition) is 3. The Morgan fingerprint density at radius 2 is 1.79 bits per heavy atom. The van der Waals surface area contributed by atoms with Crippen molar-refractivity contribution in [3.63, 3.8) is 0 Å². The number of nitrogens with two attached hydrogens (primary N) is 1. The Labute approximate surface area is 272 Å². The lowest BCUT2D eigenvalue weighted by molar-refractivity contribution is 0.0935. The van der Waals surface area contributed by atoms with Crippen molar-refractivity contribution in [2.75, 3.05) is 16.7 Å². The van der Waals surface area contributed by atoms with Gasteiger partial charge >= 0.3 is 0 Å². The van der Waals surface area contributed by atoms with Crippen molar-refractivity contribution >= 4 is 49.9 Å². The summed E-state index contributed by atoms with van der Waals surface area (Å²) in [6.45, 7) is 1.62. The van der Waals surface area contributed by atoms with Crippen molar-refractivity contribution in [2.24, 2.45) is 12.2 Å². The topological polar surface area (TPSA) is 192 Å². The van der Waals surface area contributed by atoms with E-state index >= 15 is 0 Å². The minimum atomic E-state index is -4.32. The molecular weight excluding hydrogens is 636 g/mol. The van der Waals surface area contributed by atoms with Crippen LogP contribution in [0.3, 0.4) is 0 Å². The standard InChI is InChI=1S/C32H26N10O5S/c1-18(36-30(43)26-28(38-48(33,46)47)37-41-15-7-14-34-29(26)41)27-25-24-22(40(3)31(25)44)13-12-20(11-10-19-16-35-39(2)17-19)23(24)32(45)42(27)21-8-5-4-6-9-21/h4-9,12-18H,1-3H3,(H,36,43)(H,37,38)(H2,33,46,47)/t18-/m0/s1. The Morgan fingerprint density at radius 1 is 1.02 bits per heavy atom. The number of para-hydroxylation sites is 1. The van der Waals surface area contributed by atoms with Gasteiger partial charge in [-0.15, -0.1) is 5.10 Å². The molecule has 0 radical (unpaired) electrons. The van der Waals surface area contributed by atoms with Crippen LogP contribution in [0, 0.1) is 11.8 Å². The van der Waals surface area contributed by atoms with Crippen LogP contribution >= 0.6 is 0 Å². The first-order valence-corrected chi connectivity index (χ1v) is 16.0. The van der Waals surface area contributed by atoms with Gasteiger partial charge in [0.25, 0.3) is 27.6 Å². The molecule has 5 heterocycles. The molecule has 1 aliphatic heterocycles. The minimum absolute atomic E-state index is 0.0479.